The molecule has 1 saturated heterocycles. The van der Waals surface area contributed by atoms with E-state index in [1.807, 2.05) is 6.08 Å². The summed E-state index contributed by atoms with van der Waals surface area (Å²) in [6.07, 6.45) is 8.30. The number of likely N-dealkylation sites (tertiary alicyclic amines) is 1. The van der Waals surface area contributed by atoms with Crippen molar-refractivity contribution in [3.63, 3.8) is 0 Å². The van der Waals surface area contributed by atoms with Gasteiger partial charge in [0.05, 0.1) is 24.1 Å². The number of aromatic nitrogens is 3. The topological polar surface area (TPSA) is 115 Å². The molecule has 29 heavy (non-hydrogen) atoms. The van der Waals surface area contributed by atoms with Crippen molar-refractivity contribution < 1.29 is 4.79 Å². The molecule has 1 aliphatic rings. The van der Waals surface area contributed by atoms with E-state index in [-0.39, 0.29) is 17.5 Å². The quantitative estimate of drug-likeness (QED) is 0.492. The van der Waals surface area contributed by atoms with Crippen molar-refractivity contribution in [2.75, 3.05) is 37.3 Å². The molecule has 1 fully saturated rings. The number of hydrogen-bond donors (Lipinski definition) is 4. The van der Waals surface area contributed by atoms with Gasteiger partial charge in [0.1, 0.15) is 11.5 Å². The van der Waals surface area contributed by atoms with Crippen LogP contribution in [0.1, 0.15) is 13.8 Å². The van der Waals surface area contributed by atoms with Crippen molar-refractivity contribution in [3.8, 4) is 11.3 Å². The molecule has 2 aromatic rings. The van der Waals surface area contributed by atoms with Gasteiger partial charge in [-0.2, -0.15) is 0 Å². The summed E-state index contributed by atoms with van der Waals surface area (Å²) < 4.78 is 0. The van der Waals surface area contributed by atoms with E-state index in [2.05, 4.69) is 44.7 Å². The van der Waals surface area contributed by atoms with Crippen LogP contribution in [0.2, 0.25) is 0 Å². The van der Waals surface area contributed by atoms with E-state index >= 15 is 0 Å². The zero-order chi connectivity index (χ0) is 20.8. The number of H-pyrrole nitrogens is 1. The molecular weight excluding hydrogens is 370 g/mol. The van der Waals surface area contributed by atoms with Crippen LogP contribution >= 0.6 is 0 Å². The molecule has 4 N–H and O–H groups in total. The van der Waals surface area contributed by atoms with Gasteiger partial charge in [0.25, 0.3) is 5.56 Å². The Morgan fingerprint density at radius 3 is 2.90 bits per heavy atom. The van der Waals surface area contributed by atoms with Gasteiger partial charge in [-0.25, -0.2) is 4.98 Å². The Labute approximate surface area is 169 Å². The number of nitrogens with one attached hydrogen (secondary N) is 4. The Bertz CT molecular complexity index is 932. The molecule has 154 valence electrons. The smallest absolute Gasteiger partial charge is 0.271 e. The molecule has 3 rings (SSSR count). The zero-order valence-electron chi connectivity index (χ0n) is 16.9. The summed E-state index contributed by atoms with van der Waals surface area (Å²) in [6.45, 7) is 5.89. The first-order valence-electron chi connectivity index (χ1n) is 9.64. The van der Waals surface area contributed by atoms with E-state index in [9.17, 15) is 9.59 Å². The first kappa shape index (κ1) is 20.5. The zero-order valence-corrected chi connectivity index (χ0v) is 16.9. The third-order valence-electron chi connectivity index (χ3n) is 4.55. The van der Waals surface area contributed by atoms with Gasteiger partial charge >= 0.3 is 0 Å². The number of anilines is 2. The average molecular weight is 397 g/mol. The van der Waals surface area contributed by atoms with E-state index in [4.69, 9.17) is 0 Å². The molecule has 0 atom stereocenters. The number of carbonyl (C=O) groups excluding carboxylic acids is 1. The highest BCUT2D eigenvalue weighted by Crippen LogP contribution is 2.20. The molecule has 0 unspecified atom stereocenters. The van der Waals surface area contributed by atoms with Crippen molar-refractivity contribution in [1.82, 2.24) is 25.2 Å². The first-order valence-corrected chi connectivity index (χ1v) is 9.64. The van der Waals surface area contributed by atoms with E-state index in [0.29, 0.717) is 42.9 Å². The Morgan fingerprint density at radius 2 is 2.17 bits per heavy atom. The minimum absolute atomic E-state index is 0.0181. The van der Waals surface area contributed by atoms with Crippen molar-refractivity contribution in [2.45, 2.75) is 25.9 Å². The summed E-state index contributed by atoms with van der Waals surface area (Å²) in [4.78, 5) is 37.4. The van der Waals surface area contributed by atoms with Crippen molar-refractivity contribution >= 4 is 17.4 Å². The molecule has 3 heterocycles. The molecule has 0 saturated carbocycles. The van der Waals surface area contributed by atoms with E-state index in [1.54, 1.807) is 42.7 Å². The van der Waals surface area contributed by atoms with Crippen molar-refractivity contribution in [1.29, 1.82) is 0 Å². The van der Waals surface area contributed by atoms with Gasteiger partial charge in [0.2, 0.25) is 5.91 Å². The van der Waals surface area contributed by atoms with Gasteiger partial charge in [-0.15, -0.1) is 0 Å². The monoisotopic (exact) mass is 397 g/mol. The molecule has 9 heteroatoms. The molecule has 0 spiro atoms. The number of aromatic amines is 1. The average Bonchev–Trinajstić information content (AvgIpc) is 2.68. The second kappa shape index (κ2) is 9.33. The van der Waals surface area contributed by atoms with Crippen LogP contribution in [0.4, 0.5) is 11.5 Å². The van der Waals surface area contributed by atoms with Crippen molar-refractivity contribution in [2.24, 2.45) is 0 Å². The van der Waals surface area contributed by atoms with Gasteiger partial charge in [-0.05, 0) is 6.07 Å². The molecule has 0 aromatic carbocycles. The molecule has 0 radical (unpaired) electrons. The molecule has 0 aliphatic carbocycles. The lowest BCUT2D eigenvalue weighted by Gasteiger charge is -2.39. The minimum Gasteiger partial charge on any atom is -0.374 e. The first-order chi connectivity index (χ1) is 14.0. The van der Waals surface area contributed by atoms with Gasteiger partial charge in [-0.1, -0.05) is 19.9 Å². The summed E-state index contributed by atoms with van der Waals surface area (Å²) in [5.41, 5.74) is 1.65. The summed E-state index contributed by atoms with van der Waals surface area (Å²) in [6, 6.07) is 2.17. The maximum atomic E-state index is 12.2. The fraction of sp³-hybridized carbons (Fsp3) is 0.400. The van der Waals surface area contributed by atoms with Gasteiger partial charge in [0.15, 0.2) is 0 Å². The van der Waals surface area contributed by atoms with Crippen molar-refractivity contribution in [3.05, 3.63) is 47.2 Å². The highest BCUT2D eigenvalue weighted by molar-refractivity contribution is 5.88. The van der Waals surface area contributed by atoms with Crippen LogP contribution in [0.3, 0.4) is 0 Å². The summed E-state index contributed by atoms with van der Waals surface area (Å²) in [7, 11) is 1.77. The lowest BCUT2D eigenvalue weighted by Crippen LogP contribution is -2.57. The summed E-state index contributed by atoms with van der Waals surface area (Å²) >= 11 is 0. The molecule has 1 amide bonds. The largest absolute Gasteiger partial charge is 0.374 e. The molecule has 0 bridgehead atoms. The number of rotatable bonds is 8. The van der Waals surface area contributed by atoms with Crippen LogP contribution in [-0.2, 0) is 4.79 Å². The van der Waals surface area contributed by atoms with Crippen LogP contribution in [0, 0.1) is 0 Å². The van der Waals surface area contributed by atoms with Crippen LogP contribution in [0.15, 0.2) is 41.6 Å². The Morgan fingerprint density at radius 1 is 1.38 bits per heavy atom. The fourth-order valence-corrected chi connectivity index (χ4v) is 2.90. The van der Waals surface area contributed by atoms with Gasteiger partial charge in [-0.3, -0.25) is 14.6 Å². The maximum Gasteiger partial charge on any atom is 0.271 e. The standard InChI is InChI=1S/C20H27N7O2/c1-13(2)23-6-4-5-19(28)27-11-15(12-27)25-16-7-14(8-24-20(16)29)17-9-22-10-18(21-3)26-17/h4-5,7-10,13,15,23,25H,6,11-12H2,1-3H3,(H,21,26)(H,24,29). The van der Waals surface area contributed by atoms with Gasteiger partial charge < -0.3 is 25.8 Å². The molecule has 2 aromatic heterocycles. The van der Waals surface area contributed by atoms with E-state index in [1.165, 1.54) is 0 Å². The number of pyridine rings is 1. The third kappa shape index (κ3) is 5.41. The Balaban J connectivity index is 1.58. The maximum absolute atomic E-state index is 12.2. The lowest BCUT2D eigenvalue weighted by atomic mass is 10.1. The number of hydrogen-bond acceptors (Lipinski definition) is 7. The summed E-state index contributed by atoms with van der Waals surface area (Å²) in [5, 5.41) is 9.39. The Kier molecular flexibility index (Phi) is 6.61. The van der Waals surface area contributed by atoms with Crippen LogP contribution in [0.25, 0.3) is 11.3 Å². The summed E-state index contributed by atoms with van der Waals surface area (Å²) in [5.74, 6) is 0.628. The third-order valence-corrected chi connectivity index (χ3v) is 4.55. The lowest BCUT2D eigenvalue weighted by molar-refractivity contribution is -0.129. The van der Waals surface area contributed by atoms with E-state index in [0.717, 1.165) is 5.56 Å². The van der Waals surface area contributed by atoms with E-state index < -0.39 is 0 Å². The Hall–Kier alpha value is -3.20. The normalized spacial score (nSPS) is 14.3. The van der Waals surface area contributed by atoms with Crippen LogP contribution < -0.4 is 21.5 Å². The molecule has 1 aliphatic heterocycles. The predicted octanol–water partition coefficient (Wildman–Crippen LogP) is 1.05. The second-order valence-electron chi connectivity index (χ2n) is 7.22. The fourth-order valence-electron chi connectivity index (χ4n) is 2.90. The number of nitrogens with zero attached hydrogens (tertiary/aromatic N) is 3. The number of carbonyl (C=O) groups is 1. The van der Waals surface area contributed by atoms with Gasteiger partial charge in [0, 0.05) is 50.6 Å². The molecular formula is C20H27N7O2. The van der Waals surface area contributed by atoms with Crippen LogP contribution in [0.5, 0.6) is 0 Å². The minimum atomic E-state index is -0.212. The van der Waals surface area contributed by atoms with Crippen LogP contribution in [-0.4, -0.2) is 64.5 Å². The SMILES string of the molecule is CNc1cncc(-c2c[nH]c(=O)c(NC3CN(C(=O)C=CCNC(C)C)C3)c2)n1. The molecule has 9 nitrogen and oxygen atoms in total. The predicted molar refractivity (Wildman–Crippen MR) is 114 cm³/mol. The highest BCUT2D eigenvalue weighted by atomic mass is 16.2. The number of amides is 1. The second-order valence-corrected chi connectivity index (χ2v) is 7.22. The highest BCUT2D eigenvalue weighted by Gasteiger charge is 2.29.